The molecule has 47 heavy (non-hydrogen) atoms. The molecule has 1 fully saturated rings. The lowest BCUT2D eigenvalue weighted by Crippen LogP contribution is -2.46. The molecule has 0 N–H and O–H groups in total. The quantitative estimate of drug-likeness (QED) is 0.187. The van der Waals surface area contributed by atoms with Crippen molar-refractivity contribution in [2.75, 3.05) is 13.1 Å². The van der Waals surface area contributed by atoms with Crippen LogP contribution in [0.1, 0.15) is 39.2 Å². The van der Waals surface area contributed by atoms with Crippen LogP contribution < -0.4 is 4.74 Å². The van der Waals surface area contributed by atoms with Crippen LogP contribution in [-0.2, 0) is 14.8 Å². The van der Waals surface area contributed by atoms with Crippen molar-refractivity contribution < 1.29 is 31.5 Å². The van der Waals surface area contributed by atoms with E-state index in [0.29, 0.717) is 36.9 Å². The van der Waals surface area contributed by atoms with E-state index in [0.717, 1.165) is 21.7 Å². The number of fused-ring (bicyclic) bond motifs is 1. The highest BCUT2D eigenvalue weighted by Crippen LogP contribution is 2.37. The Morgan fingerprint density at radius 2 is 1.72 bits per heavy atom. The van der Waals surface area contributed by atoms with Gasteiger partial charge < -0.3 is 14.4 Å². The summed E-state index contributed by atoms with van der Waals surface area (Å²) in [7, 11) is -4.08. The number of aromatic nitrogens is 3. The predicted octanol–water partition coefficient (Wildman–Crippen LogP) is 7.37. The molecule has 1 atom stereocenters. The van der Waals surface area contributed by atoms with Crippen LogP contribution in [0.15, 0.2) is 84.1 Å². The SMILES string of the molecule is Cc1ccc(S(=O)(=O)n2cc(-c3cncc(OC4CCCN(C(=O)OC(C)(C)C)C4)n3)c3cc(-c4c(F)cccc4F)ccc32)cc1. The number of nitrogens with zero attached hydrogens (tertiary/aromatic N) is 4. The minimum absolute atomic E-state index is 0.0748. The van der Waals surface area contributed by atoms with Crippen molar-refractivity contribution in [3.05, 3.63) is 96.5 Å². The average molecular weight is 661 g/mol. The Kier molecular flexibility index (Phi) is 8.47. The third-order valence-corrected chi connectivity index (χ3v) is 9.49. The molecule has 1 unspecified atom stereocenters. The van der Waals surface area contributed by atoms with Crippen LogP contribution in [0.5, 0.6) is 5.88 Å². The number of amides is 1. The van der Waals surface area contributed by atoms with Gasteiger partial charge in [0.15, 0.2) is 0 Å². The number of benzene rings is 3. The molecule has 244 valence electrons. The molecule has 9 nitrogen and oxygen atoms in total. The van der Waals surface area contributed by atoms with Gasteiger partial charge in [0.25, 0.3) is 10.0 Å². The van der Waals surface area contributed by atoms with Gasteiger partial charge in [-0.25, -0.2) is 30.9 Å². The van der Waals surface area contributed by atoms with Crippen LogP contribution in [0.3, 0.4) is 0 Å². The lowest BCUT2D eigenvalue weighted by atomic mass is 10.0. The van der Waals surface area contributed by atoms with Crippen molar-refractivity contribution >= 4 is 27.0 Å². The van der Waals surface area contributed by atoms with Gasteiger partial charge in [-0.05, 0) is 82.5 Å². The number of hydrogen-bond donors (Lipinski definition) is 0. The number of aryl methyl sites for hydroxylation is 1. The maximum atomic E-state index is 14.8. The number of halogens is 2. The normalized spacial score (nSPS) is 15.5. The number of hydrogen-bond acceptors (Lipinski definition) is 7. The summed E-state index contributed by atoms with van der Waals surface area (Å²) >= 11 is 0. The highest BCUT2D eigenvalue weighted by Gasteiger charge is 2.29. The summed E-state index contributed by atoms with van der Waals surface area (Å²) in [4.78, 5) is 23.3. The molecule has 0 radical (unpaired) electrons. The topological polar surface area (TPSA) is 104 Å². The van der Waals surface area contributed by atoms with Gasteiger partial charge in [0.05, 0.1) is 40.6 Å². The molecule has 0 spiro atoms. The number of carbonyl (C=O) groups is 1. The maximum Gasteiger partial charge on any atom is 0.410 e. The fourth-order valence-electron chi connectivity index (χ4n) is 5.59. The van der Waals surface area contributed by atoms with Crippen molar-refractivity contribution in [3.8, 4) is 28.3 Å². The zero-order valence-electron chi connectivity index (χ0n) is 26.4. The van der Waals surface area contributed by atoms with E-state index in [9.17, 15) is 22.0 Å². The lowest BCUT2D eigenvalue weighted by molar-refractivity contribution is 0.00718. The van der Waals surface area contributed by atoms with E-state index >= 15 is 0 Å². The second-order valence-corrected chi connectivity index (χ2v) is 14.4. The van der Waals surface area contributed by atoms with Gasteiger partial charge >= 0.3 is 6.09 Å². The van der Waals surface area contributed by atoms with Crippen molar-refractivity contribution in [3.63, 3.8) is 0 Å². The van der Waals surface area contributed by atoms with Crippen LogP contribution in [0.2, 0.25) is 0 Å². The number of rotatable bonds is 6. The molecule has 1 saturated heterocycles. The highest BCUT2D eigenvalue weighted by atomic mass is 32.2. The first kappa shape index (κ1) is 32.1. The van der Waals surface area contributed by atoms with Crippen LogP contribution in [0.4, 0.5) is 13.6 Å². The van der Waals surface area contributed by atoms with E-state index in [1.54, 1.807) is 23.1 Å². The molecule has 3 heterocycles. The zero-order valence-corrected chi connectivity index (χ0v) is 27.2. The van der Waals surface area contributed by atoms with Gasteiger partial charge in [-0.3, -0.25) is 4.98 Å². The first-order chi connectivity index (χ1) is 22.3. The Hall–Kier alpha value is -4.84. The zero-order chi connectivity index (χ0) is 33.5. The molecule has 1 amide bonds. The van der Waals surface area contributed by atoms with Gasteiger partial charge in [0.1, 0.15) is 23.3 Å². The predicted molar refractivity (Wildman–Crippen MR) is 174 cm³/mol. The summed E-state index contributed by atoms with van der Waals surface area (Å²) in [6.45, 7) is 8.13. The molecular formula is C35H34F2N4O5S. The first-order valence-corrected chi connectivity index (χ1v) is 16.6. The van der Waals surface area contributed by atoms with Gasteiger partial charge in [-0.2, -0.15) is 0 Å². The van der Waals surface area contributed by atoms with Crippen LogP contribution >= 0.6 is 0 Å². The third-order valence-electron chi connectivity index (χ3n) is 7.81. The molecule has 12 heteroatoms. The second-order valence-electron chi connectivity index (χ2n) is 12.5. The lowest BCUT2D eigenvalue weighted by Gasteiger charge is -2.33. The number of likely N-dealkylation sites (tertiary alicyclic amines) is 1. The van der Waals surface area contributed by atoms with Gasteiger partial charge in [-0.15, -0.1) is 0 Å². The molecule has 1 aliphatic rings. The molecule has 6 rings (SSSR count). The largest absolute Gasteiger partial charge is 0.471 e. The fourth-order valence-corrected chi connectivity index (χ4v) is 6.96. The minimum atomic E-state index is -4.08. The minimum Gasteiger partial charge on any atom is -0.471 e. The highest BCUT2D eigenvalue weighted by molar-refractivity contribution is 7.90. The summed E-state index contributed by atoms with van der Waals surface area (Å²) in [5, 5.41) is 0.390. The molecular weight excluding hydrogens is 626 g/mol. The molecule has 0 saturated carbocycles. The molecule has 2 aromatic heterocycles. The number of carbonyl (C=O) groups excluding carboxylic acids is 1. The van der Waals surface area contributed by atoms with E-state index in [2.05, 4.69) is 9.97 Å². The molecule has 5 aromatic rings. The molecule has 1 aliphatic heterocycles. The smallest absolute Gasteiger partial charge is 0.410 e. The first-order valence-electron chi connectivity index (χ1n) is 15.2. The Balaban J connectivity index is 1.41. The Morgan fingerprint density at radius 3 is 2.43 bits per heavy atom. The third kappa shape index (κ3) is 6.69. The molecule has 3 aromatic carbocycles. The Labute approximate surface area is 271 Å². The molecule has 0 bridgehead atoms. The van der Waals surface area contributed by atoms with Gasteiger partial charge in [0, 0.05) is 23.7 Å². The van der Waals surface area contributed by atoms with Crippen molar-refractivity contribution in [2.45, 2.75) is 57.1 Å². The van der Waals surface area contributed by atoms with Gasteiger partial charge in [0.2, 0.25) is 5.88 Å². The van der Waals surface area contributed by atoms with Crippen LogP contribution in [0.25, 0.3) is 33.3 Å². The summed E-state index contributed by atoms with van der Waals surface area (Å²) in [6.07, 6.45) is 4.93. The van der Waals surface area contributed by atoms with Crippen molar-refractivity contribution in [2.24, 2.45) is 0 Å². The second kappa shape index (κ2) is 12.4. The summed E-state index contributed by atoms with van der Waals surface area (Å²) in [6, 6.07) is 14.6. The standard InChI is InChI=1S/C35H34F2N4O5S/c1-22-10-13-25(14-11-22)47(43,44)41-21-27(26-17-23(12-15-31(26)41)33-28(36)8-5-9-29(33)37)30-18-38-19-32(39-30)45-24-7-6-16-40(20-24)34(42)46-35(2,3)4/h5,8-15,17-19,21,24H,6-7,16,20H2,1-4H3. The Morgan fingerprint density at radius 1 is 1.00 bits per heavy atom. The van der Waals surface area contributed by atoms with E-state index < -0.39 is 33.4 Å². The average Bonchev–Trinajstić information content (AvgIpc) is 3.41. The Bertz CT molecular complexity index is 2050. The van der Waals surface area contributed by atoms with E-state index in [1.165, 1.54) is 48.9 Å². The molecule has 0 aliphatic carbocycles. The fraction of sp³-hybridized carbons (Fsp3) is 0.286. The summed E-state index contributed by atoms with van der Waals surface area (Å²) < 4.78 is 70.3. The van der Waals surface area contributed by atoms with E-state index in [1.807, 2.05) is 27.7 Å². The number of piperidine rings is 1. The van der Waals surface area contributed by atoms with Crippen LogP contribution in [0, 0.1) is 18.6 Å². The number of ether oxygens (including phenoxy) is 2. The van der Waals surface area contributed by atoms with Crippen molar-refractivity contribution in [1.29, 1.82) is 0 Å². The van der Waals surface area contributed by atoms with E-state index in [4.69, 9.17) is 9.47 Å². The monoisotopic (exact) mass is 660 g/mol. The van der Waals surface area contributed by atoms with Crippen LogP contribution in [-0.4, -0.2) is 58.1 Å². The maximum absolute atomic E-state index is 14.8. The van der Waals surface area contributed by atoms with Crippen molar-refractivity contribution in [1.82, 2.24) is 18.8 Å². The summed E-state index contributed by atoms with van der Waals surface area (Å²) in [5.41, 5.74) is 1.21. The van der Waals surface area contributed by atoms with Gasteiger partial charge in [-0.1, -0.05) is 29.8 Å². The summed E-state index contributed by atoms with van der Waals surface area (Å²) in [5.74, 6) is -1.32. The van der Waals surface area contributed by atoms with E-state index in [-0.39, 0.29) is 39.2 Å².